The van der Waals surface area contributed by atoms with Crippen molar-refractivity contribution in [1.82, 2.24) is 20.1 Å². The zero-order valence-corrected chi connectivity index (χ0v) is 18.5. The minimum atomic E-state index is -0.143. The highest BCUT2D eigenvalue weighted by Gasteiger charge is 2.14. The number of rotatable bonds is 9. The molecule has 0 bridgehead atoms. The van der Waals surface area contributed by atoms with Gasteiger partial charge in [0.25, 0.3) is 0 Å². The van der Waals surface area contributed by atoms with Crippen LogP contribution in [-0.2, 0) is 9.59 Å². The third kappa shape index (κ3) is 6.58. The van der Waals surface area contributed by atoms with Crippen molar-refractivity contribution in [2.24, 2.45) is 0 Å². The number of amides is 2. The van der Waals surface area contributed by atoms with Crippen LogP contribution in [0.1, 0.15) is 18.3 Å². The zero-order chi connectivity index (χ0) is 22.2. The third-order valence-corrected chi connectivity index (χ3v) is 5.16. The molecule has 8 nitrogen and oxygen atoms in total. The fourth-order valence-corrected chi connectivity index (χ4v) is 3.73. The monoisotopic (exact) mass is 439 g/mol. The Hall–Kier alpha value is -3.33. The molecule has 9 heteroatoms. The minimum absolute atomic E-state index is 0.114. The van der Waals surface area contributed by atoms with Gasteiger partial charge in [0.2, 0.25) is 11.8 Å². The molecule has 3 aromatic rings. The molecule has 0 unspecified atom stereocenters. The predicted molar refractivity (Wildman–Crippen MR) is 121 cm³/mol. The van der Waals surface area contributed by atoms with Crippen LogP contribution < -0.4 is 15.4 Å². The maximum atomic E-state index is 12.2. The smallest absolute Gasteiger partial charge is 0.230 e. The highest BCUT2D eigenvalue weighted by molar-refractivity contribution is 7.99. The second-order valence-corrected chi connectivity index (χ2v) is 7.84. The van der Waals surface area contributed by atoms with Crippen LogP contribution in [-0.4, -0.2) is 45.5 Å². The number of benzene rings is 2. The molecule has 31 heavy (non-hydrogen) atoms. The molecule has 2 amide bonds. The van der Waals surface area contributed by atoms with E-state index in [4.69, 9.17) is 4.74 Å². The van der Waals surface area contributed by atoms with Gasteiger partial charge in [0.05, 0.1) is 18.0 Å². The number of carbonyl (C=O) groups is 2. The van der Waals surface area contributed by atoms with Crippen molar-refractivity contribution >= 4 is 29.3 Å². The number of nitrogens with zero attached hydrogens (tertiary/aromatic N) is 3. The SMILES string of the molecule is CC(=O)Nc1cccc(-n2c(C)nnc2SCC(=O)NCCOc2cccc(C)c2)c1. The molecule has 2 N–H and O–H groups in total. The number of anilines is 1. The van der Waals surface area contributed by atoms with Gasteiger partial charge in [-0.2, -0.15) is 0 Å². The second kappa shape index (κ2) is 10.6. The normalized spacial score (nSPS) is 10.5. The van der Waals surface area contributed by atoms with Crippen molar-refractivity contribution in [2.45, 2.75) is 25.9 Å². The van der Waals surface area contributed by atoms with Gasteiger partial charge in [-0.3, -0.25) is 14.2 Å². The topological polar surface area (TPSA) is 98.1 Å². The summed E-state index contributed by atoms with van der Waals surface area (Å²) >= 11 is 1.30. The highest BCUT2D eigenvalue weighted by Crippen LogP contribution is 2.23. The lowest BCUT2D eigenvalue weighted by molar-refractivity contribution is -0.118. The first-order valence-corrected chi connectivity index (χ1v) is 10.8. The van der Waals surface area contributed by atoms with Crippen molar-refractivity contribution in [3.63, 3.8) is 0 Å². The summed E-state index contributed by atoms with van der Waals surface area (Å²) in [6.07, 6.45) is 0. The maximum Gasteiger partial charge on any atom is 0.230 e. The molecule has 0 radical (unpaired) electrons. The van der Waals surface area contributed by atoms with Crippen molar-refractivity contribution in [3.8, 4) is 11.4 Å². The summed E-state index contributed by atoms with van der Waals surface area (Å²) in [6, 6.07) is 15.2. The van der Waals surface area contributed by atoms with Crippen LogP contribution in [0.15, 0.2) is 53.7 Å². The average Bonchev–Trinajstić information content (AvgIpc) is 3.10. The predicted octanol–water partition coefficient (Wildman–Crippen LogP) is 3.13. The van der Waals surface area contributed by atoms with Gasteiger partial charge in [0.1, 0.15) is 18.2 Å². The molecule has 0 atom stereocenters. The Morgan fingerprint density at radius 3 is 2.68 bits per heavy atom. The van der Waals surface area contributed by atoms with Gasteiger partial charge >= 0.3 is 0 Å². The van der Waals surface area contributed by atoms with E-state index in [9.17, 15) is 9.59 Å². The molecule has 0 fully saturated rings. The Morgan fingerprint density at radius 1 is 1.10 bits per heavy atom. The van der Waals surface area contributed by atoms with E-state index in [-0.39, 0.29) is 17.6 Å². The van der Waals surface area contributed by atoms with Crippen LogP contribution in [0, 0.1) is 13.8 Å². The number of carbonyl (C=O) groups excluding carboxylic acids is 2. The summed E-state index contributed by atoms with van der Waals surface area (Å²) in [6.45, 7) is 6.11. The fraction of sp³-hybridized carbons (Fsp3) is 0.273. The van der Waals surface area contributed by atoms with Gasteiger partial charge in [-0.25, -0.2) is 0 Å². The van der Waals surface area contributed by atoms with E-state index in [0.717, 1.165) is 17.0 Å². The fourth-order valence-electron chi connectivity index (χ4n) is 2.91. The number of aryl methyl sites for hydroxylation is 2. The molecule has 1 aromatic heterocycles. The van der Waals surface area contributed by atoms with Gasteiger partial charge in [0, 0.05) is 12.6 Å². The minimum Gasteiger partial charge on any atom is -0.492 e. The lowest BCUT2D eigenvalue weighted by Crippen LogP contribution is -2.29. The molecule has 3 rings (SSSR count). The summed E-state index contributed by atoms with van der Waals surface area (Å²) in [4.78, 5) is 23.5. The average molecular weight is 440 g/mol. The number of aromatic nitrogens is 3. The first-order chi connectivity index (χ1) is 14.9. The molecule has 0 saturated heterocycles. The molecule has 2 aromatic carbocycles. The molecule has 0 spiro atoms. The van der Waals surface area contributed by atoms with Gasteiger partial charge in [-0.15, -0.1) is 10.2 Å². The highest BCUT2D eigenvalue weighted by atomic mass is 32.2. The van der Waals surface area contributed by atoms with Crippen molar-refractivity contribution in [2.75, 3.05) is 24.2 Å². The van der Waals surface area contributed by atoms with Gasteiger partial charge in [-0.05, 0) is 49.7 Å². The molecule has 1 heterocycles. The third-order valence-electron chi connectivity index (χ3n) is 4.23. The van der Waals surface area contributed by atoms with Crippen LogP contribution >= 0.6 is 11.8 Å². The van der Waals surface area contributed by atoms with Crippen molar-refractivity contribution in [1.29, 1.82) is 0 Å². The van der Waals surface area contributed by atoms with E-state index in [1.54, 1.807) is 0 Å². The van der Waals surface area contributed by atoms with E-state index in [1.807, 2.05) is 66.9 Å². The summed E-state index contributed by atoms with van der Waals surface area (Å²) < 4.78 is 7.49. The number of hydrogen-bond donors (Lipinski definition) is 2. The first-order valence-electron chi connectivity index (χ1n) is 9.81. The second-order valence-electron chi connectivity index (χ2n) is 6.90. The largest absolute Gasteiger partial charge is 0.492 e. The number of hydrogen-bond acceptors (Lipinski definition) is 6. The number of thioether (sulfide) groups is 1. The van der Waals surface area contributed by atoms with Crippen molar-refractivity contribution in [3.05, 3.63) is 59.9 Å². The lowest BCUT2D eigenvalue weighted by atomic mass is 10.2. The quantitative estimate of drug-likeness (QED) is 0.393. The first kappa shape index (κ1) is 22.4. The van der Waals surface area contributed by atoms with Gasteiger partial charge in [-0.1, -0.05) is 30.0 Å². The van der Waals surface area contributed by atoms with E-state index in [0.29, 0.717) is 29.8 Å². The zero-order valence-electron chi connectivity index (χ0n) is 17.7. The molecule has 0 saturated carbocycles. The standard InChI is InChI=1S/C22H25N5O3S/c1-15-6-4-9-20(12-15)30-11-10-23-21(29)14-31-22-26-25-16(2)27(22)19-8-5-7-18(13-19)24-17(3)28/h4-9,12-13H,10-11,14H2,1-3H3,(H,23,29)(H,24,28). The van der Waals surface area contributed by atoms with Gasteiger partial charge < -0.3 is 15.4 Å². The number of nitrogens with one attached hydrogen (secondary N) is 2. The lowest BCUT2D eigenvalue weighted by Gasteiger charge is -2.11. The van der Waals surface area contributed by atoms with E-state index in [1.165, 1.54) is 18.7 Å². The molecule has 0 aliphatic carbocycles. The summed E-state index contributed by atoms with van der Waals surface area (Å²) in [5, 5.41) is 14.5. The molecule has 162 valence electrons. The van der Waals surface area contributed by atoms with Crippen LogP contribution in [0.4, 0.5) is 5.69 Å². The summed E-state index contributed by atoms with van der Waals surface area (Å²) in [5.41, 5.74) is 2.61. The molecule has 0 aliphatic rings. The summed E-state index contributed by atoms with van der Waals surface area (Å²) in [5.74, 6) is 1.42. The Morgan fingerprint density at radius 2 is 1.90 bits per heavy atom. The molecular formula is C22H25N5O3S. The Bertz CT molecular complexity index is 1070. The van der Waals surface area contributed by atoms with E-state index < -0.39 is 0 Å². The molecule has 0 aliphatic heterocycles. The van der Waals surface area contributed by atoms with Crippen LogP contribution in [0.2, 0.25) is 0 Å². The Labute approximate surface area is 185 Å². The van der Waals surface area contributed by atoms with Crippen molar-refractivity contribution < 1.29 is 14.3 Å². The van der Waals surface area contributed by atoms with Crippen LogP contribution in [0.3, 0.4) is 0 Å². The van der Waals surface area contributed by atoms with Crippen LogP contribution in [0.25, 0.3) is 5.69 Å². The summed E-state index contributed by atoms with van der Waals surface area (Å²) in [7, 11) is 0. The maximum absolute atomic E-state index is 12.2. The van der Waals surface area contributed by atoms with E-state index in [2.05, 4.69) is 20.8 Å². The Kier molecular flexibility index (Phi) is 7.66. The van der Waals surface area contributed by atoms with Gasteiger partial charge in [0.15, 0.2) is 5.16 Å². The van der Waals surface area contributed by atoms with E-state index >= 15 is 0 Å². The Balaban J connectivity index is 1.53. The number of ether oxygens (including phenoxy) is 1. The molecular weight excluding hydrogens is 414 g/mol. The van der Waals surface area contributed by atoms with Crippen LogP contribution in [0.5, 0.6) is 5.75 Å².